The molecular weight excluding hydrogens is 397 g/mol. The summed E-state index contributed by atoms with van der Waals surface area (Å²) in [4.78, 5) is 12.1. The maximum Gasteiger partial charge on any atom is 0.206 e. The van der Waals surface area contributed by atoms with Gasteiger partial charge in [0.25, 0.3) is 0 Å². The van der Waals surface area contributed by atoms with Crippen molar-refractivity contribution in [2.75, 3.05) is 11.9 Å². The molecule has 1 heterocycles. The maximum absolute atomic E-state index is 12.1. The molecule has 0 aliphatic heterocycles. The third-order valence-electron chi connectivity index (χ3n) is 3.25. The smallest absolute Gasteiger partial charge is 0.206 e. The molecule has 0 saturated carbocycles. The van der Waals surface area contributed by atoms with E-state index in [0.29, 0.717) is 15.7 Å². The number of nitrogens with zero attached hydrogens (tertiary/aromatic N) is 2. The Bertz CT molecular complexity index is 851. The Balaban J connectivity index is 1.50. The van der Waals surface area contributed by atoms with Crippen LogP contribution in [0.2, 0.25) is 10.0 Å². The van der Waals surface area contributed by atoms with Crippen LogP contribution in [0.25, 0.3) is 0 Å². The summed E-state index contributed by atoms with van der Waals surface area (Å²) in [6, 6.07) is 14.5. The number of aromatic nitrogens is 2. The highest BCUT2D eigenvalue weighted by Crippen LogP contribution is 2.28. The summed E-state index contributed by atoms with van der Waals surface area (Å²) in [6.45, 7) is 0.165. The van der Waals surface area contributed by atoms with Gasteiger partial charge in [-0.15, -0.1) is 10.2 Å². The van der Waals surface area contributed by atoms with Crippen LogP contribution in [0.4, 0.5) is 5.13 Å². The molecule has 1 aromatic heterocycles. The molecule has 1 N–H and O–H groups in total. The summed E-state index contributed by atoms with van der Waals surface area (Å²) < 4.78 is 0.844. The van der Waals surface area contributed by atoms with Crippen LogP contribution in [-0.4, -0.2) is 22.5 Å². The average Bonchev–Trinajstić information content (AvgIpc) is 3.08. The number of hydrogen-bond acceptors (Lipinski definition) is 6. The predicted molar refractivity (Wildman–Crippen MR) is 105 cm³/mol. The van der Waals surface area contributed by atoms with Crippen LogP contribution in [0.5, 0.6) is 0 Å². The molecule has 128 valence electrons. The quantitative estimate of drug-likeness (QED) is 0.416. The summed E-state index contributed by atoms with van der Waals surface area (Å²) in [5.74, 6) is 0.762. The van der Waals surface area contributed by atoms with Crippen LogP contribution in [-0.2, 0) is 5.75 Å². The monoisotopic (exact) mass is 409 g/mol. The van der Waals surface area contributed by atoms with E-state index in [-0.39, 0.29) is 12.3 Å². The lowest BCUT2D eigenvalue weighted by molar-refractivity contribution is 0.101. The summed E-state index contributed by atoms with van der Waals surface area (Å²) in [5, 5.41) is 13.2. The number of halogens is 2. The van der Waals surface area contributed by atoms with Gasteiger partial charge in [0.15, 0.2) is 10.1 Å². The first kappa shape index (κ1) is 18.2. The van der Waals surface area contributed by atoms with Gasteiger partial charge < -0.3 is 5.32 Å². The van der Waals surface area contributed by atoms with Gasteiger partial charge in [-0.25, -0.2) is 0 Å². The van der Waals surface area contributed by atoms with Gasteiger partial charge in [-0.05, 0) is 42.0 Å². The highest BCUT2D eigenvalue weighted by atomic mass is 35.5. The number of thioether (sulfide) groups is 1. The number of anilines is 1. The molecule has 0 bridgehead atoms. The van der Waals surface area contributed by atoms with Crippen LogP contribution < -0.4 is 5.32 Å². The lowest BCUT2D eigenvalue weighted by atomic mass is 10.1. The minimum absolute atomic E-state index is 0.0257. The molecule has 3 rings (SSSR count). The molecule has 0 amide bonds. The second kappa shape index (κ2) is 8.67. The van der Waals surface area contributed by atoms with E-state index >= 15 is 0 Å². The fourth-order valence-corrected chi connectivity index (χ4v) is 3.91. The number of hydrogen-bond donors (Lipinski definition) is 1. The molecule has 0 atom stereocenters. The zero-order valence-corrected chi connectivity index (χ0v) is 16.1. The number of Topliss-reactive ketones (excluding diaryl/α,β-unsaturated/α-hetero) is 1. The highest BCUT2D eigenvalue weighted by molar-refractivity contribution is 8.00. The fraction of sp³-hybridized carbons (Fsp3) is 0.118. The second-order valence-corrected chi connectivity index (χ2v) is 8.14. The molecule has 3 aromatic rings. The number of carbonyl (C=O) groups is 1. The Morgan fingerprint density at radius 2 is 1.64 bits per heavy atom. The number of benzene rings is 2. The fourth-order valence-electron chi connectivity index (χ4n) is 1.96. The molecule has 0 unspecified atom stereocenters. The van der Waals surface area contributed by atoms with E-state index in [4.69, 9.17) is 23.2 Å². The van der Waals surface area contributed by atoms with E-state index in [1.807, 2.05) is 24.3 Å². The van der Waals surface area contributed by atoms with Gasteiger partial charge >= 0.3 is 0 Å². The largest absolute Gasteiger partial charge is 0.353 e. The van der Waals surface area contributed by atoms with Crippen LogP contribution in [0.3, 0.4) is 0 Å². The first-order valence-corrected chi connectivity index (χ1v) is 9.89. The van der Waals surface area contributed by atoms with Crippen molar-refractivity contribution < 1.29 is 4.79 Å². The van der Waals surface area contributed by atoms with E-state index in [9.17, 15) is 4.79 Å². The van der Waals surface area contributed by atoms with E-state index in [0.717, 1.165) is 20.7 Å². The molecule has 0 spiro atoms. The normalized spacial score (nSPS) is 10.6. The van der Waals surface area contributed by atoms with Crippen LogP contribution >= 0.6 is 46.3 Å². The van der Waals surface area contributed by atoms with E-state index < -0.39 is 0 Å². The minimum atomic E-state index is -0.0257. The topological polar surface area (TPSA) is 54.9 Å². The van der Waals surface area contributed by atoms with Crippen molar-refractivity contribution >= 4 is 57.2 Å². The van der Waals surface area contributed by atoms with Crippen LogP contribution in [0, 0.1) is 0 Å². The van der Waals surface area contributed by atoms with Crippen LogP contribution in [0.1, 0.15) is 15.9 Å². The lowest BCUT2D eigenvalue weighted by Crippen LogP contribution is -2.13. The third kappa shape index (κ3) is 5.44. The van der Waals surface area contributed by atoms with Gasteiger partial charge in [0.1, 0.15) is 0 Å². The van der Waals surface area contributed by atoms with Gasteiger partial charge in [-0.1, -0.05) is 58.4 Å². The van der Waals surface area contributed by atoms with Gasteiger partial charge in [0.2, 0.25) is 5.13 Å². The minimum Gasteiger partial charge on any atom is -0.353 e. The Labute approximate surface area is 163 Å². The second-order valence-electron chi connectivity index (χ2n) is 5.07. The van der Waals surface area contributed by atoms with Gasteiger partial charge in [0.05, 0.1) is 6.54 Å². The zero-order chi connectivity index (χ0) is 17.6. The van der Waals surface area contributed by atoms with Crippen molar-refractivity contribution in [3.63, 3.8) is 0 Å². The molecule has 0 radical (unpaired) electrons. The summed E-state index contributed by atoms with van der Waals surface area (Å²) >= 11 is 14.7. The Morgan fingerprint density at radius 1 is 1.00 bits per heavy atom. The first-order chi connectivity index (χ1) is 12.1. The number of nitrogens with one attached hydrogen (secondary N) is 1. The average molecular weight is 410 g/mol. The first-order valence-electron chi connectivity index (χ1n) is 7.33. The third-order valence-corrected chi connectivity index (χ3v) is 5.84. The highest BCUT2D eigenvalue weighted by Gasteiger charge is 2.09. The van der Waals surface area contributed by atoms with Crippen molar-refractivity contribution in [2.45, 2.75) is 10.1 Å². The molecule has 25 heavy (non-hydrogen) atoms. The summed E-state index contributed by atoms with van der Waals surface area (Å²) in [7, 11) is 0. The number of rotatable bonds is 7. The molecule has 0 saturated heterocycles. The van der Waals surface area contributed by atoms with Crippen molar-refractivity contribution in [3.05, 3.63) is 69.7 Å². The molecule has 0 aliphatic rings. The molecule has 0 aliphatic carbocycles. The molecule has 4 nitrogen and oxygen atoms in total. The van der Waals surface area contributed by atoms with Gasteiger partial charge in [-0.2, -0.15) is 0 Å². The van der Waals surface area contributed by atoms with E-state index in [1.165, 1.54) is 11.3 Å². The standard InChI is InChI=1S/C17H13Cl2N3OS2/c18-13-5-1-11(2-6-13)10-24-17-22-21-16(25-17)20-9-15(23)12-3-7-14(19)8-4-12/h1-8H,9-10H2,(H,20,21). The van der Waals surface area contributed by atoms with E-state index in [1.54, 1.807) is 36.0 Å². The Hall–Kier alpha value is -1.60. The molecular formula is C17H13Cl2N3OS2. The van der Waals surface area contributed by atoms with Crippen molar-refractivity contribution in [3.8, 4) is 0 Å². The molecule has 0 fully saturated rings. The van der Waals surface area contributed by atoms with E-state index in [2.05, 4.69) is 15.5 Å². The predicted octanol–water partition coefficient (Wildman–Crippen LogP) is 5.43. The molecule has 8 heteroatoms. The van der Waals surface area contributed by atoms with Crippen molar-refractivity contribution in [2.24, 2.45) is 0 Å². The molecule has 2 aromatic carbocycles. The lowest BCUT2D eigenvalue weighted by Gasteiger charge is -2.02. The Kier molecular flexibility index (Phi) is 6.31. The SMILES string of the molecule is O=C(CNc1nnc(SCc2ccc(Cl)cc2)s1)c1ccc(Cl)cc1. The number of ketones is 1. The Morgan fingerprint density at radius 3 is 2.32 bits per heavy atom. The summed E-state index contributed by atoms with van der Waals surface area (Å²) in [6.07, 6.45) is 0. The van der Waals surface area contributed by atoms with Crippen LogP contribution in [0.15, 0.2) is 52.9 Å². The van der Waals surface area contributed by atoms with Crippen molar-refractivity contribution in [1.82, 2.24) is 10.2 Å². The number of carbonyl (C=O) groups excluding carboxylic acids is 1. The zero-order valence-electron chi connectivity index (χ0n) is 12.9. The van der Waals surface area contributed by atoms with Crippen molar-refractivity contribution in [1.29, 1.82) is 0 Å². The maximum atomic E-state index is 12.1. The van der Waals surface area contributed by atoms with Gasteiger partial charge in [-0.3, -0.25) is 4.79 Å². The van der Waals surface area contributed by atoms with Gasteiger partial charge in [0, 0.05) is 21.4 Å². The summed E-state index contributed by atoms with van der Waals surface area (Å²) in [5.41, 5.74) is 1.77.